The maximum Gasteiger partial charge on any atom is 0.330 e. The van der Waals surface area contributed by atoms with Crippen LogP contribution in [0, 0.1) is 5.92 Å². The van der Waals surface area contributed by atoms with E-state index in [1.165, 1.54) is 51.4 Å². The molecule has 0 aliphatic carbocycles. The van der Waals surface area contributed by atoms with Gasteiger partial charge >= 0.3 is 7.60 Å². The normalized spacial score (nSPS) is 14.9. The minimum atomic E-state index is -2.97. The Morgan fingerprint density at radius 2 is 1.29 bits per heavy atom. The van der Waals surface area contributed by atoms with Gasteiger partial charge in [0.2, 0.25) is 0 Å². The molecule has 0 amide bonds. The van der Waals surface area contributed by atoms with Crippen molar-refractivity contribution in [1.29, 1.82) is 0 Å². The minimum Gasteiger partial charge on any atom is -0.385 e. The highest BCUT2D eigenvalue weighted by atomic mass is 31.2. The Morgan fingerprint density at radius 3 is 1.89 bits per heavy atom. The Kier molecular flexibility index (Phi) is 20.5. The molecule has 0 aromatic carbocycles. The first kappa shape index (κ1) is 28.1. The van der Waals surface area contributed by atoms with Crippen LogP contribution in [0.25, 0.3) is 0 Å². The lowest BCUT2D eigenvalue weighted by atomic mass is 10.0. The van der Waals surface area contributed by atoms with Crippen LogP contribution in [0.2, 0.25) is 0 Å². The van der Waals surface area contributed by atoms with Crippen LogP contribution in [0.3, 0.4) is 0 Å². The molecule has 0 aliphatic heterocycles. The van der Waals surface area contributed by atoms with Crippen molar-refractivity contribution in [3.05, 3.63) is 0 Å². The molecule has 28 heavy (non-hydrogen) atoms. The molecule has 0 aliphatic rings. The maximum atomic E-state index is 13.2. The molecule has 0 bridgehead atoms. The molecule has 0 aromatic rings. The van der Waals surface area contributed by atoms with Crippen LogP contribution in [0.4, 0.5) is 0 Å². The second-order valence-corrected chi connectivity index (χ2v) is 10.3. The Hall–Kier alpha value is 0.110. The zero-order chi connectivity index (χ0) is 20.9. The third-order valence-electron chi connectivity index (χ3n) is 5.27. The summed E-state index contributed by atoms with van der Waals surface area (Å²) in [6, 6.07) is 0. The van der Waals surface area contributed by atoms with Gasteiger partial charge in [0, 0.05) is 13.7 Å². The van der Waals surface area contributed by atoms with Gasteiger partial charge in [0.25, 0.3) is 0 Å². The third kappa shape index (κ3) is 17.0. The van der Waals surface area contributed by atoms with Crippen molar-refractivity contribution in [3.63, 3.8) is 0 Å². The molecular weight excluding hydrogens is 371 g/mol. The lowest BCUT2D eigenvalue weighted by Crippen LogP contribution is -2.13. The first-order valence-corrected chi connectivity index (χ1v) is 13.7. The molecule has 0 fully saturated rings. The monoisotopic (exact) mass is 420 g/mol. The first-order valence-electron chi connectivity index (χ1n) is 12.0. The van der Waals surface area contributed by atoms with E-state index >= 15 is 0 Å². The molecule has 0 heterocycles. The standard InChI is InChI=1S/C23H49O4P/c1-5-8-11-12-13-14-15-16-19-26-28(24,21-10-7-3)27-22-23(17-9-6-2)18-20-25-4/h23H,5-22H2,1-4H3. The van der Waals surface area contributed by atoms with Crippen molar-refractivity contribution in [3.8, 4) is 0 Å². The lowest BCUT2D eigenvalue weighted by Gasteiger charge is -2.22. The molecule has 2 unspecified atom stereocenters. The third-order valence-corrected chi connectivity index (χ3v) is 7.26. The number of methoxy groups -OCH3 is 1. The van der Waals surface area contributed by atoms with Crippen LogP contribution in [-0.4, -0.2) is 33.1 Å². The number of rotatable bonds is 22. The summed E-state index contributed by atoms with van der Waals surface area (Å²) in [5.74, 6) is 0.404. The molecule has 0 N–H and O–H groups in total. The van der Waals surface area contributed by atoms with Crippen LogP contribution in [0.15, 0.2) is 0 Å². The van der Waals surface area contributed by atoms with Gasteiger partial charge in [-0.1, -0.05) is 85.0 Å². The van der Waals surface area contributed by atoms with E-state index in [-0.39, 0.29) is 0 Å². The molecule has 0 saturated heterocycles. The van der Waals surface area contributed by atoms with Gasteiger partial charge in [0.05, 0.1) is 19.4 Å². The average molecular weight is 421 g/mol. The topological polar surface area (TPSA) is 44.8 Å². The fourth-order valence-corrected chi connectivity index (χ4v) is 5.15. The zero-order valence-corrected chi connectivity index (χ0v) is 20.3. The Balaban J connectivity index is 4.22. The molecule has 4 nitrogen and oxygen atoms in total. The van der Waals surface area contributed by atoms with Crippen molar-refractivity contribution >= 4 is 7.60 Å². The molecule has 0 spiro atoms. The zero-order valence-electron chi connectivity index (χ0n) is 19.4. The summed E-state index contributed by atoms with van der Waals surface area (Å²) >= 11 is 0. The quantitative estimate of drug-likeness (QED) is 0.131. The van der Waals surface area contributed by atoms with Gasteiger partial charge in [-0.3, -0.25) is 4.57 Å². The predicted octanol–water partition coefficient (Wildman–Crippen LogP) is 8.00. The van der Waals surface area contributed by atoms with Gasteiger partial charge in [0.15, 0.2) is 0 Å². The summed E-state index contributed by atoms with van der Waals surface area (Å²) in [5, 5.41) is 0. The molecule has 2 atom stereocenters. The highest BCUT2D eigenvalue weighted by molar-refractivity contribution is 7.53. The van der Waals surface area contributed by atoms with Gasteiger partial charge in [-0.05, 0) is 31.6 Å². The van der Waals surface area contributed by atoms with Crippen molar-refractivity contribution < 1.29 is 18.3 Å². The maximum absolute atomic E-state index is 13.2. The van der Waals surface area contributed by atoms with Crippen molar-refractivity contribution in [2.24, 2.45) is 5.92 Å². The summed E-state index contributed by atoms with van der Waals surface area (Å²) in [5.41, 5.74) is 0. The van der Waals surface area contributed by atoms with Gasteiger partial charge in [-0.15, -0.1) is 0 Å². The highest BCUT2D eigenvalue weighted by Gasteiger charge is 2.25. The van der Waals surface area contributed by atoms with Gasteiger partial charge < -0.3 is 13.8 Å². The summed E-state index contributed by atoms with van der Waals surface area (Å²) in [4.78, 5) is 0. The first-order chi connectivity index (χ1) is 13.6. The van der Waals surface area contributed by atoms with E-state index in [0.717, 1.165) is 45.1 Å². The summed E-state index contributed by atoms with van der Waals surface area (Å²) in [7, 11) is -1.23. The molecule has 170 valence electrons. The molecule has 5 heteroatoms. The van der Waals surface area contributed by atoms with Gasteiger partial charge in [-0.2, -0.15) is 0 Å². The van der Waals surface area contributed by atoms with Gasteiger partial charge in [0.1, 0.15) is 0 Å². The van der Waals surface area contributed by atoms with E-state index in [9.17, 15) is 4.57 Å². The lowest BCUT2D eigenvalue weighted by molar-refractivity contribution is 0.134. The average Bonchev–Trinajstić information content (AvgIpc) is 2.70. The van der Waals surface area contributed by atoms with E-state index in [1.54, 1.807) is 7.11 Å². The van der Waals surface area contributed by atoms with E-state index in [1.807, 2.05) is 0 Å². The Morgan fingerprint density at radius 1 is 0.679 bits per heavy atom. The number of hydrogen-bond acceptors (Lipinski definition) is 4. The summed E-state index contributed by atoms with van der Waals surface area (Å²) in [6.07, 6.45) is 16.9. The summed E-state index contributed by atoms with van der Waals surface area (Å²) < 4.78 is 30.2. The van der Waals surface area contributed by atoms with Crippen molar-refractivity contribution in [2.45, 2.75) is 111 Å². The SMILES string of the molecule is CCCCCCCCCCOP(=O)(CCCC)OCC(CCCC)CCOC. The number of ether oxygens (including phenoxy) is 1. The number of unbranched alkanes of at least 4 members (excludes halogenated alkanes) is 9. The van der Waals surface area contributed by atoms with Crippen LogP contribution >= 0.6 is 7.60 Å². The fraction of sp³-hybridized carbons (Fsp3) is 1.00. The highest BCUT2D eigenvalue weighted by Crippen LogP contribution is 2.49. The van der Waals surface area contributed by atoms with Crippen LogP contribution in [-0.2, 0) is 18.3 Å². The van der Waals surface area contributed by atoms with E-state index in [4.69, 9.17) is 13.8 Å². The second kappa shape index (κ2) is 20.4. The molecule has 0 aromatic heterocycles. The Bertz CT molecular complexity index is 355. The van der Waals surface area contributed by atoms with Crippen LogP contribution in [0.5, 0.6) is 0 Å². The van der Waals surface area contributed by atoms with Crippen molar-refractivity contribution in [2.75, 3.05) is 33.1 Å². The summed E-state index contributed by atoms with van der Waals surface area (Å²) in [6.45, 7) is 8.39. The van der Waals surface area contributed by atoms with Crippen LogP contribution in [0.1, 0.15) is 111 Å². The molecule has 0 saturated carbocycles. The van der Waals surface area contributed by atoms with E-state index < -0.39 is 7.60 Å². The van der Waals surface area contributed by atoms with E-state index in [0.29, 0.717) is 25.3 Å². The van der Waals surface area contributed by atoms with E-state index in [2.05, 4.69) is 20.8 Å². The minimum absolute atomic E-state index is 0.404. The van der Waals surface area contributed by atoms with Crippen LogP contribution < -0.4 is 0 Å². The fourth-order valence-electron chi connectivity index (χ4n) is 3.27. The van der Waals surface area contributed by atoms with Crippen molar-refractivity contribution in [1.82, 2.24) is 0 Å². The molecule has 0 rings (SSSR count). The number of hydrogen-bond donors (Lipinski definition) is 0. The Labute approximate surface area is 176 Å². The smallest absolute Gasteiger partial charge is 0.330 e. The predicted molar refractivity (Wildman–Crippen MR) is 121 cm³/mol. The van der Waals surface area contributed by atoms with Gasteiger partial charge in [-0.25, -0.2) is 0 Å². The molecule has 0 radical (unpaired) electrons. The largest absolute Gasteiger partial charge is 0.385 e. The second-order valence-electron chi connectivity index (χ2n) is 8.08. The molecular formula is C23H49O4P.